The van der Waals surface area contributed by atoms with E-state index in [1.54, 1.807) is 0 Å². The summed E-state index contributed by atoms with van der Waals surface area (Å²) in [4.78, 5) is 0. The molecule has 0 saturated carbocycles. The second-order valence-electron chi connectivity index (χ2n) is 3.25. The maximum Gasteiger partial charge on any atom is 0.341 e. The summed E-state index contributed by atoms with van der Waals surface area (Å²) in [5, 5.41) is 0. The number of halogens is 6. The zero-order valence-corrected chi connectivity index (χ0v) is 13.9. The Morgan fingerprint density at radius 2 is 1.38 bits per heavy atom. The number of hydrogen-bond acceptors (Lipinski definition) is 0. The predicted molar refractivity (Wildman–Crippen MR) is 72.5 cm³/mol. The summed E-state index contributed by atoms with van der Waals surface area (Å²) in [6.45, 7) is 1.83. The van der Waals surface area contributed by atoms with Crippen molar-refractivity contribution in [3.63, 3.8) is 0 Å². The van der Waals surface area contributed by atoms with Gasteiger partial charge in [0.25, 0.3) is 6.69 Å². The lowest BCUT2D eigenvalue weighted by molar-refractivity contribution is 0.727. The van der Waals surface area contributed by atoms with E-state index in [-0.39, 0.29) is 12.4 Å². The highest BCUT2D eigenvalue weighted by Gasteiger charge is 2.40. The summed E-state index contributed by atoms with van der Waals surface area (Å²) in [5.41, 5.74) is 0.423. The average Bonchev–Trinajstić information content (AvgIpc) is 1.48. The molecule has 0 amide bonds. The van der Waals surface area contributed by atoms with Gasteiger partial charge in [0.05, 0.1) is 0 Å². The molecule has 0 fully saturated rings. The van der Waals surface area contributed by atoms with E-state index < -0.39 is 12.7 Å². The summed E-state index contributed by atoms with van der Waals surface area (Å²) < 4.78 is 0. The van der Waals surface area contributed by atoms with Gasteiger partial charge in [0.2, 0.25) is 0 Å². The Morgan fingerprint density at radius 3 is 1.62 bits per heavy atom. The highest BCUT2D eigenvalue weighted by molar-refractivity contribution is 7.69. The fourth-order valence-corrected chi connectivity index (χ4v) is 20.4. The summed E-state index contributed by atoms with van der Waals surface area (Å²) in [7, 11) is 0. The molecule has 0 aromatic heterocycles. The van der Waals surface area contributed by atoms with Crippen molar-refractivity contribution in [3.05, 3.63) is 0 Å². The van der Waals surface area contributed by atoms with Crippen molar-refractivity contribution in [2.45, 2.75) is 25.6 Å². The van der Waals surface area contributed by atoms with Gasteiger partial charge in [-0.25, -0.2) is 0 Å². The van der Waals surface area contributed by atoms with Gasteiger partial charge in [-0.1, -0.05) is 13.8 Å². The van der Waals surface area contributed by atoms with E-state index >= 15 is 0 Å². The third-order valence-corrected chi connectivity index (χ3v) is 13.2. The minimum atomic E-state index is -2.64. The van der Waals surface area contributed by atoms with Crippen LogP contribution in [-0.2, 0) is 0 Å². The smallest absolute Gasteiger partial charge is 0.147 e. The summed E-state index contributed by atoms with van der Waals surface area (Å²) >= 11 is 29.4. The van der Waals surface area contributed by atoms with Gasteiger partial charge in [-0.3, -0.25) is 0 Å². The Bertz CT molecular complexity index is 142. The standard InChI is InChI=1S/C5H11Cl5Si2.ClH/c1-5(2)3-11(6,7)4-12(8,9)10;/h5H,3-4H2,1-2H3;1H. The van der Waals surface area contributed by atoms with Crippen LogP contribution in [0.5, 0.6) is 0 Å². The molecule has 0 N–H and O–H groups in total. The Hall–Kier alpha value is 2.17. The molecule has 0 aromatic carbocycles. The van der Waals surface area contributed by atoms with Crippen molar-refractivity contribution in [3.8, 4) is 0 Å². The third kappa shape index (κ3) is 12.1. The van der Waals surface area contributed by atoms with Gasteiger partial charge >= 0.3 is 6.00 Å². The van der Waals surface area contributed by atoms with E-state index in [0.29, 0.717) is 11.6 Å². The average molecular weight is 341 g/mol. The van der Waals surface area contributed by atoms with E-state index in [1.807, 2.05) is 0 Å². The molecule has 8 heteroatoms. The number of hydrogen-bond donors (Lipinski definition) is 0. The Kier molecular flexibility index (Phi) is 9.04. The molecule has 0 unspecified atom stereocenters. The molecule has 0 aliphatic heterocycles. The SMILES string of the molecule is CC(C)C[Si](Cl)(Cl)C[Si](Cl)(Cl)Cl.Cl. The molecule has 0 atom stereocenters. The van der Waals surface area contributed by atoms with Gasteiger partial charge in [0.15, 0.2) is 0 Å². The van der Waals surface area contributed by atoms with Crippen LogP contribution in [0.4, 0.5) is 0 Å². The fourth-order valence-electron chi connectivity index (χ4n) is 0.963. The van der Waals surface area contributed by atoms with Crippen LogP contribution in [0.2, 0.25) is 11.7 Å². The maximum atomic E-state index is 6.10. The van der Waals surface area contributed by atoms with Crippen LogP contribution in [0.1, 0.15) is 13.8 Å². The highest BCUT2D eigenvalue weighted by atomic mass is 35.8. The minimum Gasteiger partial charge on any atom is -0.147 e. The van der Waals surface area contributed by atoms with Gasteiger partial charge in [0, 0.05) is 5.67 Å². The molecule has 0 nitrogen and oxygen atoms in total. The van der Waals surface area contributed by atoms with Crippen molar-refractivity contribution >= 4 is 80.5 Å². The van der Waals surface area contributed by atoms with E-state index in [0.717, 1.165) is 6.04 Å². The van der Waals surface area contributed by atoms with Gasteiger partial charge in [-0.15, -0.1) is 67.8 Å². The molecule has 0 aromatic rings. The van der Waals surface area contributed by atoms with E-state index in [9.17, 15) is 0 Å². The lowest BCUT2D eigenvalue weighted by Crippen LogP contribution is -2.30. The summed E-state index contributed by atoms with van der Waals surface area (Å²) in [6, 6.07) is -1.86. The molecule has 0 heterocycles. The quantitative estimate of drug-likeness (QED) is 0.488. The number of rotatable bonds is 4. The Balaban J connectivity index is 0. The molecular formula is C5H12Cl6Si2. The normalized spacial score (nSPS) is 12.9. The van der Waals surface area contributed by atoms with Crippen LogP contribution in [0, 0.1) is 5.92 Å². The van der Waals surface area contributed by atoms with Crippen LogP contribution in [0.3, 0.4) is 0 Å². The van der Waals surface area contributed by atoms with Gasteiger partial charge in [-0.2, -0.15) is 0 Å². The zero-order valence-electron chi connectivity index (χ0n) is 7.29. The van der Waals surface area contributed by atoms with Crippen molar-refractivity contribution in [2.75, 3.05) is 0 Å². The monoisotopic (exact) mass is 338 g/mol. The molecule has 0 rings (SSSR count). The molecule has 0 bridgehead atoms. The molecule has 82 valence electrons. The molecule has 13 heavy (non-hydrogen) atoms. The fraction of sp³-hybridized carbons (Fsp3) is 1.00. The lowest BCUT2D eigenvalue weighted by Gasteiger charge is -2.21. The topological polar surface area (TPSA) is 0 Å². The van der Waals surface area contributed by atoms with Crippen LogP contribution in [0.25, 0.3) is 0 Å². The molecule has 0 aliphatic rings. The first-order valence-electron chi connectivity index (χ1n) is 3.57. The zero-order chi connectivity index (χ0) is 9.99. The van der Waals surface area contributed by atoms with E-state index in [4.69, 9.17) is 55.4 Å². The molecular weight excluding hydrogens is 329 g/mol. The molecule has 0 spiro atoms. The van der Waals surface area contributed by atoms with Crippen molar-refractivity contribution in [1.29, 1.82) is 0 Å². The van der Waals surface area contributed by atoms with Gasteiger partial charge in [-0.05, 0) is 12.0 Å². The largest absolute Gasteiger partial charge is 0.341 e. The van der Waals surface area contributed by atoms with Gasteiger partial charge in [0.1, 0.15) is 0 Å². The third-order valence-electron chi connectivity index (χ3n) is 1.17. The molecule has 0 aliphatic carbocycles. The van der Waals surface area contributed by atoms with E-state index in [1.165, 1.54) is 0 Å². The van der Waals surface area contributed by atoms with Crippen molar-refractivity contribution in [2.24, 2.45) is 5.92 Å². The summed E-state index contributed by atoms with van der Waals surface area (Å²) in [6.07, 6.45) is 0. The minimum absolute atomic E-state index is 0. The second-order valence-corrected chi connectivity index (χ2v) is 20.5. The van der Waals surface area contributed by atoms with Crippen LogP contribution in [0.15, 0.2) is 0 Å². The second kappa shape index (κ2) is 6.69. The first kappa shape index (κ1) is 17.6. The molecule has 0 saturated heterocycles. The molecule has 0 radical (unpaired) electrons. The van der Waals surface area contributed by atoms with Crippen LogP contribution >= 0.6 is 67.8 Å². The summed E-state index contributed by atoms with van der Waals surface area (Å²) in [5.74, 6) is 0.466. The maximum absolute atomic E-state index is 6.10. The Labute approximate surface area is 111 Å². The predicted octanol–water partition coefficient (Wildman–Crippen LogP) is 5.18. The Morgan fingerprint density at radius 1 is 1.00 bits per heavy atom. The van der Waals surface area contributed by atoms with E-state index in [2.05, 4.69) is 13.8 Å². The van der Waals surface area contributed by atoms with Crippen LogP contribution in [-0.4, -0.2) is 12.7 Å². The lowest BCUT2D eigenvalue weighted by atomic mass is 10.3. The van der Waals surface area contributed by atoms with Gasteiger partial charge < -0.3 is 0 Å². The first-order chi connectivity index (χ1) is 5.12. The highest BCUT2D eigenvalue weighted by Crippen LogP contribution is 2.38. The van der Waals surface area contributed by atoms with Crippen molar-refractivity contribution < 1.29 is 0 Å². The van der Waals surface area contributed by atoms with Crippen molar-refractivity contribution in [1.82, 2.24) is 0 Å². The first-order valence-corrected chi connectivity index (χ1v) is 13.2. The van der Waals surface area contributed by atoms with Crippen LogP contribution < -0.4 is 0 Å².